The predicted octanol–water partition coefficient (Wildman–Crippen LogP) is 5.18. The SMILES string of the molecule is Oc1ccc(Cl)cc1-c1nncc(Cl)c1-c1cc(Cl)ccc1O. The summed E-state index contributed by atoms with van der Waals surface area (Å²) in [5, 5.41) is 29.2. The number of halogens is 3. The fourth-order valence-electron chi connectivity index (χ4n) is 2.22. The summed E-state index contributed by atoms with van der Waals surface area (Å²) >= 11 is 18.3. The topological polar surface area (TPSA) is 66.2 Å². The molecule has 3 aromatic rings. The van der Waals surface area contributed by atoms with Gasteiger partial charge in [-0.1, -0.05) is 34.8 Å². The number of hydrogen-bond donors (Lipinski definition) is 2. The molecule has 0 spiro atoms. The molecule has 0 fully saturated rings. The van der Waals surface area contributed by atoms with E-state index >= 15 is 0 Å². The van der Waals surface area contributed by atoms with Gasteiger partial charge < -0.3 is 10.2 Å². The molecule has 0 aliphatic rings. The molecule has 0 aliphatic carbocycles. The van der Waals surface area contributed by atoms with E-state index in [4.69, 9.17) is 34.8 Å². The van der Waals surface area contributed by atoms with Crippen LogP contribution in [0.25, 0.3) is 22.4 Å². The first kappa shape index (κ1) is 15.9. The summed E-state index contributed by atoms with van der Waals surface area (Å²) in [5.74, 6) is -0.0548. The van der Waals surface area contributed by atoms with Gasteiger partial charge in [-0.15, -0.1) is 5.10 Å². The molecule has 3 rings (SSSR count). The van der Waals surface area contributed by atoms with Crippen LogP contribution in [0.4, 0.5) is 0 Å². The van der Waals surface area contributed by atoms with Crippen LogP contribution in [0.2, 0.25) is 15.1 Å². The largest absolute Gasteiger partial charge is 0.507 e. The van der Waals surface area contributed by atoms with Gasteiger partial charge in [0.1, 0.15) is 17.2 Å². The van der Waals surface area contributed by atoms with E-state index in [9.17, 15) is 10.2 Å². The van der Waals surface area contributed by atoms with E-state index in [1.54, 1.807) is 24.3 Å². The molecule has 23 heavy (non-hydrogen) atoms. The van der Waals surface area contributed by atoms with Gasteiger partial charge in [0.2, 0.25) is 0 Å². The van der Waals surface area contributed by atoms with E-state index in [0.29, 0.717) is 26.7 Å². The van der Waals surface area contributed by atoms with Crippen LogP contribution in [0, 0.1) is 0 Å². The molecule has 2 aromatic carbocycles. The average molecular weight is 368 g/mol. The lowest BCUT2D eigenvalue weighted by Crippen LogP contribution is -1.94. The summed E-state index contributed by atoms with van der Waals surface area (Å²) in [7, 11) is 0. The molecule has 2 N–H and O–H groups in total. The molecule has 116 valence electrons. The number of phenols is 2. The highest BCUT2D eigenvalue weighted by Crippen LogP contribution is 2.43. The lowest BCUT2D eigenvalue weighted by molar-refractivity contribution is 0.476. The minimum absolute atomic E-state index is 0.0212. The number of aromatic nitrogens is 2. The highest BCUT2D eigenvalue weighted by molar-refractivity contribution is 6.34. The quantitative estimate of drug-likeness (QED) is 0.655. The molecule has 0 unspecified atom stereocenters. The molecule has 0 aliphatic heterocycles. The van der Waals surface area contributed by atoms with E-state index in [1.165, 1.54) is 18.3 Å². The molecule has 4 nitrogen and oxygen atoms in total. The fraction of sp³-hybridized carbons (Fsp3) is 0. The Morgan fingerprint density at radius 1 is 0.783 bits per heavy atom. The third kappa shape index (κ3) is 3.06. The number of aromatic hydroxyl groups is 2. The first-order valence-corrected chi connectivity index (χ1v) is 7.59. The van der Waals surface area contributed by atoms with E-state index < -0.39 is 0 Å². The van der Waals surface area contributed by atoms with E-state index in [2.05, 4.69) is 10.2 Å². The van der Waals surface area contributed by atoms with Crippen LogP contribution < -0.4 is 0 Å². The second-order valence-electron chi connectivity index (χ2n) is 4.74. The summed E-state index contributed by atoms with van der Waals surface area (Å²) in [6, 6.07) is 9.11. The van der Waals surface area contributed by atoms with Gasteiger partial charge in [-0.25, -0.2) is 0 Å². The predicted molar refractivity (Wildman–Crippen MR) is 91.3 cm³/mol. The van der Waals surface area contributed by atoms with Crippen LogP contribution >= 0.6 is 34.8 Å². The normalized spacial score (nSPS) is 10.7. The van der Waals surface area contributed by atoms with Crippen molar-refractivity contribution in [3.05, 3.63) is 57.7 Å². The zero-order chi connectivity index (χ0) is 16.6. The van der Waals surface area contributed by atoms with Crippen LogP contribution in [0.15, 0.2) is 42.6 Å². The number of nitrogens with zero attached hydrogens (tertiary/aromatic N) is 2. The van der Waals surface area contributed by atoms with Crippen molar-refractivity contribution in [2.45, 2.75) is 0 Å². The van der Waals surface area contributed by atoms with E-state index in [0.717, 1.165) is 0 Å². The summed E-state index contributed by atoms with van der Waals surface area (Å²) < 4.78 is 0. The smallest absolute Gasteiger partial charge is 0.125 e. The summed E-state index contributed by atoms with van der Waals surface area (Å²) in [4.78, 5) is 0. The average Bonchev–Trinajstić information content (AvgIpc) is 2.52. The zero-order valence-corrected chi connectivity index (χ0v) is 13.7. The summed E-state index contributed by atoms with van der Waals surface area (Å²) in [5.41, 5.74) is 1.42. The van der Waals surface area contributed by atoms with Crippen molar-refractivity contribution in [1.82, 2.24) is 10.2 Å². The van der Waals surface area contributed by atoms with Gasteiger partial charge in [0.05, 0.1) is 11.2 Å². The van der Waals surface area contributed by atoms with Crippen LogP contribution in [0.3, 0.4) is 0 Å². The van der Waals surface area contributed by atoms with Gasteiger partial charge in [0.25, 0.3) is 0 Å². The standard InChI is InChI=1S/C16H9Cl3N2O2/c17-8-1-3-13(22)10(5-8)15-12(19)7-20-21-16(15)11-6-9(18)2-4-14(11)23/h1-7,22-23H. The lowest BCUT2D eigenvalue weighted by Gasteiger charge is -2.13. The van der Waals surface area contributed by atoms with Crippen molar-refractivity contribution < 1.29 is 10.2 Å². The van der Waals surface area contributed by atoms with Crippen molar-refractivity contribution in [2.24, 2.45) is 0 Å². The van der Waals surface area contributed by atoms with E-state index in [1.807, 2.05) is 0 Å². The van der Waals surface area contributed by atoms with E-state index in [-0.39, 0.29) is 22.2 Å². The van der Waals surface area contributed by atoms with Crippen molar-refractivity contribution in [3.63, 3.8) is 0 Å². The van der Waals surface area contributed by atoms with Gasteiger partial charge in [-0.05, 0) is 36.4 Å². The maximum atomic E-state index is 10.2. The molecule has 1 heterocycles. The monoisotopic (exact) mass is 366 g/mol. The Bertz CT molecular complexity index is 900. The third-order valence-electron chi connectivity index (χ3n) is 3.25. The highest BCUT2D eigenvalue weighted by Gasteiger charge is 2.19. The van der Waals surface area contributed by atoms with Crippen molar-refractivity contribution in [1.29, 1.82) is 0 Å². The number of hydrogen-bond acceptors (Lipinski definition) is 4. The zero-order valence-electron chi connectivity index (χ0n) is 11.5. The molecular weight excluding hydrogens is 359 g/mol. The van der Waals surface area contributed by atoms with Gasteiger partial charge in [0, 0.05) is 26.7 Å². The molecule has 0 saturated heterocycles. The molecule has 0 amide bonds. The van der Waals surface area contributed by atoms with Crippen molar-refractivity contribution >= 4 is 34.8 Å². The van der Waals surface area contributed by atoms with Gasteiger partial charge >= 0.3 is 0 Å². The minimum atomic E-state index is -0.0336. The Labute approximate surface area is 146 Å². The maximum Gasteiger partial charge on any atom is 0.125 e. The minimum Gasteiger partial charge on any atom is -0.507 e. The molecule has 0 saturated carbocycles. The molecule has 1 aromatic heterocycles. The molecular formula is C16H9Cl3N2O2. The Morgan fingerprint density at radius 2 is 1.35 bits per heavy atom. The first-order valence-electron chi connectivity index (χ1n) is 6.46. The first-order chi connectivity index (χ1) is 11.0. The van der Waals surface area contributed by atoms with Crippen molar-refractivity contribution in [2.75, 3.05) is 0 Å². The summed E-state index contributed by atoms with van der Waals surface area (Å²) in [6.45, 7) is 0. The molecule has 7 heteroatoms. The maximum absolute atomic E-state index is 10.2. The van der Waals surface area contributed by atoms with Crippen LogP contribution in [0.1, 0.15) is 0 Å². The third-order valence-corrected chi connectivity index (χ3v) is 4.00. The fourth-order valence-corrected chi connectivity index (χ4v) is 2.80. The van der Waals surface area contributed by atoms with Crippen LogP contribution in [-0.2, 0) is 0 Å². The molecule has 0 atom stereocenters. The number of phenolic OH excluding ortho intramolecular Hbond substituents is 2. The number of benzene rings is 2. The Kier molecular flexibility index (Phi) is 4.31. The lowest BCUT2D eigenvalue weighted by atomic mass is 9.98. The summed E-state index contributed by atoms with van der Waals surface area (Å²) in [6.07, 6.45) is 1.35. The van der Waals surface area contributed by atoms with Gasteiger partial charge in [-0.3, -0.25) is 0 Å². The van der Waals surface area contributed by atoms with Crippen LogP contribution in [0.5, 0.6) is 11.5 Å². The Balaban J connectivity index is 2.34. The van der Waals surface area contributed by atoms with Gasteiger partial charge in [-0.2, -0.15) is 5.10 Å². The molecule has 0 radical (unpaired) electrons. The van der Waals surface area contributed by atoms with Gasteiger partial charge in [0.15, 0.2) is 0 Å². The second kappa shape index (κ2) is 6.24. The molecule has 0 bridgehead atoms. The van der Waals surface area contributed by atoms with Crippen LogP contribution in [-0.4, -0.2) is 20.4 Å². The Hall–Kier alpha value is -2.01. The Morgan fingerprint density at radius 3 is 2.00 bits per heavy atom. The second-order valence-corrected chi connectivity index (χ2v) is 6.02. The number of rotatable bonds is 2. The van der Waals surface area contributed by atoms with Crippen molar-refractivity contribution in [3.8, 4) is 33.9 Å². The highest BCUT2D eigenvalue weighted by atomic mass is 35.5.